The molecule has 0 saturated heterocycles. The van der Waals surface area contributed by atoms with Gasteiger partial charge in [0.1, 0.15) is 5.82 Å². The Hall–Kier alpha value is -1.63. The molecule has 0 bridgehead atoms. The van der Waals surface area contributed by atoms with Crippen molar-refractivity contribution in [2.45, 2.75) is 17.9 Å². The second-order valence-electron chi connectivity index (χ2n) is 5.22. The fourth-order valence-electron chi connectivity index (χ4n) is 2.01. The molecule has 0 heterocycles. The van der Waals surface area contributed by atoms with E-state index in [1.807, 2.05) is 49.2 Å². The van der Waals surface area contributed by atoms with Gasteiger partial charge >= 0.3 is 0 Å². The number of benzene rings is 2. The molecule has 7 heteroatoms. The summed E-state index contributed by atoms with van der Waals surface area (Å²) in [7, 11) is -1.85. The molecule has 0 amide bonds. The average Bonchev–Trinajstić information content (AvgIpc) is 2.55. The highest BCUT2D eigenvalue weighted by Crippen LogP contribution is 2.19. The zero-order chi connectivity index (χ0) is 17.0. The number of para-hydroxylation sites is 1. The molecule has 0 radical (unpaired) electrons. The molecule has 2 aromatic rings. The Balaban J connectivity index is 2.05. The highest BCUT2D eigenvalue weighted by molar-refractivity contribution is 7.89. The van der Waals surface area contributed by atoms with E-state index in [1.165, 1.54) is 6.07 Å². The normalized spacial score (nSPS) is 12.9. The Kier molecular flexibility index (Phi) is 5.62. The van der Waals surface area contributed by atoms with Crippen LogP contribution in [0.2, 0.25) is 5.02 Å². The fraction of sp³-hybridized carbons (Fsp3) is 0.250. The summed E-state index contributed by atoms with van der Waals surface area (Å²) in [5.41, 5.74) is 0.990. The van der Waals surface area contributed by atoms with Crippen LogP contribution in [0.25, 0.3) is 0 Å². The number of hydrogen-bond donors (Lipinski definition) is 1. The van der Waals surface area contributed by atoms with Crippen molar-refractivity contribution < 1.29 is 12.8 Å². The number of nitrogens with one attached hydrogen (secondary N) is 1. The van der Waals surface area contributed by atoms with Crippen molar-refractivity contribution in [3.63, 3.8) is 0 Å². The predicted octanol–water partition coefficient (Wildman–Crippen LogP) is 3.28. The van der Waals surface area contributed by atoms with Crippen LogP contribution < -0.4 is 9.62 Å². The van der Waals surface area contributed by atoms with E-state index in [0.29, 0.717) is 0 Å². The van der Waals surface area contributed by atoms with E-state index in [-0.39, 0.29) is 22.5 Å². The van der Waals surface area contributed by atoms with Gasteiger partial charge in [-0.05, 0) is 37.3 Å². The summed E-state index contributed by atoms with van der Waals surface area (Å²) >= 11 is 5.64. The van der Waals surface area contributed by atoms with Crippen molar-refractivity contribution in [1.82, 2.24) is 4.72 Å². The van der Waals surface area contributed by atoms with Gasteiger partial charge in [-0.15, -0.1) is 0 Å². The summed E-state index contributed by atoms with van der Waals surface area (Å²) in [6, 6.07) is 12.9. The van der Waals surface area contributed by atoms with Gasteiger partial charge in [0, 0.05) is 25.3 Å². The summed E-state index contributed by atoms with van der Waals surface area (Å²) < 4.78 is 40.2. The average molecular weight is 357 g/mol. The number of sulfonamides is 1. The van der Waals surface area contributed by atoms with Crippen molar-refractivity contribution in [3.05, 3.63) is 59.4 Å². The number of hydrogen-bond acceptors (Lipinski definition) is 3. The van der Waals surface area contributed by atoms with Crippen molar-refractivity contribution in [2.75, 3.05) is 18.5 Å². The van der Waals surface area contributed by atoms with E-state index in [2.05, 4.69) is 4.72 Å². The maximum atomic E-state index is 13.1. The largest absolute Gasteiger partial charge is 0.371 e. The summed E-state index contributed by atoms with van der Waals surface area (Å²) in [5, 5.41) is -0.220. The van der Waals surface area contributed by atoms with Crippen molar-refractivity contribution >= 4 is 27.3 Å². The molecule has 0 aliphatic rings. The molecular formula is C16H18ClFN2O2S. The first-order valence-electron chi connectivity index (χ1n) is 7.04. The maximum absolute atomic E-state index is 13.1. The highest BCUT2D eigenvalue weighted by Gasteiger charge is 2.18. The zero-order valence-corrected chi connectivity index (χ0v) is 14.4. The lowest BCUT2D eigenvalue weighted by atomic mass is 10.2. The van der Waals surface area contributed by atoms with Crippen molar-refractivity contribution in [3.8, 4) is 0 Å². The molecule has 2 rings (SSSR count). The molecule has 23 heavy (non-hydrogen) atoms. The molecule has 0 aliphatic heterocycles. The SMILES string of the molecule is CC(CNS(=O)(=O)c1ccc(F)c(Cl)c1)N(C)c1ccccc1. The number of anilines is 1. The van der Waals surface area contributed by atoms with Gasteiger partial charge in [-0.1, -0.05) is 29.8 Å². The predicted molar refractivity (Wildman–Crippen MR) is 90.9 cm³/mol. The molecule has 1 atom stereocenters. The highest BCUT2D eigenvalue weighted by atomic mass is 35.5. The van der Waals surface area contributed by atoms with E-state index in [1.54, 1.807) is 0 Å². The van der Waals surface area contributed by atoms with Crippen LogP contribution in [-0.2, 0) is 10.0 Å². The minimum Gasteiger partial charge on any atom is -0.371 e. The maximum Gasteiger partial charge on any atom is 0.240 e. The van der Waals surface area contributed by atoms with Gasteiger partial charge in [0.25, 0.3) is 0 Å². The third-order valence-corrected chi connectivity index (χ3v) is 5.31. The summed E-state index contributed by atoms with van der Waals surface area (Å²) in [5.74, 6) is -0.650. The van der Waals surface area contributed by atoms with Crippen LogP contribution in [0.3, 0.4) is 0 Å². The van der Waals surface area contributed by atoms with E-state index in [4.69, 9.17) is 11.6 Å². The van der Waals surface area contributed by atoms with E-state index in [0.717, 1.165) is 17.8 Å². The van der Waals surface area contributed by atoms with Gasteiger partial charge in [-0.3, -0.25) is 0 Å². The van der Waals surface area contributed by atoms with Gasteiger partial charge < -0.3 is 4.90 Å². The smallest absolute Gasteiger partial charge is 0.240 e. The molecule has 0 aromatic heterocycles. The Morgan fingerprint density at radius 2 is 1.87 bits per heavy atom. The molecule has 1 unspecified atom stereocenters. The second kappa shape index (κ2) is 7.29. The van der Waals surface area contributed by atoms with Gasteiger partial charge in [-0.2, -0.15) is 0 Å². The molecule has 2 aromatic carbocycles. The van der Waals surface area contributed by atoms with Crippen LogP contribution in [0.5, 0.6) is 0 Å². The number of halogens is 2. The molecule has 4 nitrogen and oxygen atoms in total. The van der Waals surface area contributed by atoms with Crippen molar-refractivity contribution in [2.24, 2.45) is 0 Å². The molecule has 0 aliphatic carbocycles. The van der Waals surface area contributed by atoms with E-state index >= 15 is 0 Å². The Morgan fingerprint density at radius 1 is 1.22 bits per heavy atom. The topological polar surface area (TPSA) is 49.4 Å². The van der Waals surface area contributed by atoms with Crippen LogP contribution >= 0.6 is 11.6 Å². The molecule has 1 N–H and O–H groups in total. The quantitative estimate of drug-likeness (QED) is 0.864. The molecule has 124 valence electrons. The van der Waals surface area contributed by atoms with Crippen LogP contribution in [0.15, 0.2) is 53.4 Å². The lowest BCUT2D eigenvalue weighted by Crippen LogP contribution is -2.40. The van der Waals surface area contributed by atoms with E-state index < -0.39 is 15.8 Å². The van der Waals surface area contributed by atoms with Crippen molar-refractivity contribution in [1.29, 1.82) is 0 Å². The third kappa shape index (κ3) is 4.43. The minimum atomic E-state index is -3.74. The molecule has 0 spiro atoms. The molecular weight excluding hydrogens is 339 g/mol. The van der Waals surface area contributed by atoms with E-state index in [9.17, 15) is 12.8 Å². The zero-order valence-electron chi connectivity index (χ0n) is 12.8. The van der Waals surface area contributed by atoms with Crippen LogP contribution in [0, 0.1) is 5.82 Å². The molecule has 0 saturated carbocycles. The monoisotopic (exact) mass is 356 g/mol. The number of likely N-dealkylation sites (N-methyl/N-ethyl adjacent to an activating group) is 1. The summed E-state index contributed by atoms with van der Waals surface area (Å²) in [6.07, 6.45) is 0. The lowest BCUT2D eigenvalue weighted by Gasteiger charge is -2.27. The van der Waals surface area contributed by atoms with Crippen LogP contribution in [-0.4, -0.2) is 28.1 Å². The van der Waals surface area contributed by atoms with Gasteiger partial charge in [0.05, 0.1) is 9.92 Å². The number of rotatable bonds is 6. The Bertz CT molecular complexity index is 769. The minimum absolute atomic E-state index is 0.0570. The van der Waals surface area contributed by atoms with Crippen LogP contribution in [0.1, 0.15) is 6.92 Å². The third-order valence-electron chi connectivity index (χ3n) is 3.59. The Morgan fingerprint density at radius 3 is 2.48 bits per heavy atom. The fourth-order valence-corrected chi connectivity index (χ4v) is 3.40. The second-order valence-corrected chi connectivity index (χ2v) is 7.40. The van der Waals surface area contributed by atoms with Gasteiger partial charge in [0.2, 0.25) is 10.0 Å². The van der Waals surface area contributed by atoms with Gasteiger partial charge in [0.15, 0.2) is 0 Å². The first kappa shape index (κ1) is 17.7. The Labute approximate surface area is 140 Å². The number of nitrogens with zero attached hydrogens (tertiary/aromatic N) is 1. The first-order valence-corrected chi connectivity index (χ1v) is 8.90. The first-order chi connectivity index (χ1) is 10.8. The van der Waals surface area contributed by atoms with Gasteiger partial charge in [-0.25, -0.2) is 17.5 Å². The summed E-state index contributed by atoms with van der Waals surface area (Å²) in [6.45, 7) is 2.12. The summed E-state index contributed by atoms with van der Waals surface area (Å²) in [4.78, 5) is 1.92. The molecule has 0 fully saturated rings. The van der Waals surface area contributed by atoms with Crippen LogP contribution in [0.4, 0.5) is 10.1 Å². The standard InChI is InChI=1S/C16H18ClFN2O2S/c1-12(20(2)13-6-4-3-5-7-13)11-19-23(21,22)14-8-9-16(18)15(17)10-14/h3-10,12,19H,11H2,1-2H3. The lowest BCUT2D eigenvalue weighted by molar-refractivity contribution is 0.569.